The first kappa shape index (κ1) is 15.3. The molecule has 1 heterocycles. The molecule has 0 radical (unpaired) electrons. The van der Waals surface area contributed by atoms with Crippen LogP contribution in [0.1, 0.15) is 43.7 Å². The molecule has 0 spiro atoms. The Bertz CT molecular complexity index is 705. The normalized spacial score (nSPS) is 11.7. The Morgan fingerprint density at radius 1 is 1.19 bits per heavy atom. The molecule has 4 nitrogen and oxygen atoms in total. The van der Waals surface area contributed by atoms with Crippen molar-refractivity contribution in [3.63, 3.8) is 0 Å². The Balaban J connectivity index is 2.47. The Hall–Kier alpha value is -2.10. The molecule has 1 N–H and O–H groups in total. The second-order valence-corrected chi connectivity index (χ2v) is 6.42. The van der Waals surface area contributed by atoms with Gasteiger partial charge in [0.05, 0.1) is 0 Å². The molecule has 112 valence electrons. The highest BCUT2D eigenvalue weighted by atomic mass is 16.2. The molecule has 0 saturated heterocycles. The molecule has 0 unspecified atom stereocenters. The van der Waals surface area contributed by atoms with Crippen molar-refractivity contribution in [2.24, 2.45) is 0 Å². The monoisotopic (exact) mass is 286 g/mol. The summed E-state index contributed by atoms with van der Waals surface area (Å²) in [6.07, 6.45) is 0. The van der Waals surface area contributed by atoms with Gasteiger partial charge in [0.25, 0.3) is 0 Å². The summed E-state index contributed by atoms with van der Waals surface area (Å²) in [5.74, 6) is -0.0277. The van der Waals surface area contributed by atoms with Gasteiger partial charge in [-0.15, -0.1) is 0 Å². The topological polar surface area (TPSA) is 51.1 Å². The number of rotatable bonds is 3. The standard InChI is InChI=1S/C17H22N2O2/c1-11-16(12(2)20)13-8-6-7-9-14(13)19(11)10-15(21)18-17(3,4)5/h6-9H,10H2,1-5H3,(H,18,21). The van der Waals surface area contributed by atoms with E-state index in [-0.39, 0.29) is 23.8 Å². The second-order valence-electron chi connectivity index (χ2n) is 6.42. The van der Waals surface area contributed by atoms with E-state index in [1.54, 1.807) is 6.92 Å². The van der Waals surface area contributed by atoms with Crippen LogP contribution < -0.4 is 5.32 Å². The summed E-state index contributed by atoms with van der Waals surface area (Å²) >= 11 is 0. The van der Waals surface area contributed by atoms with E-state index in [0.717, 1.165) is 16.6 Å². The predicted molar refractivity (Wildman–Crippen MR) is 84.6 cm³/mol. The van der Waals surface area contributed by atoms with E-state index >= 15 is 0 Å². The van der Waals surface area contributed by atoms with Gasteiger partial charge in [-0.3, -0.25) is 9.59 Å². The fourth-order valence-electron chi connectivity index (χ4n) is 2.68. The minimum Gasteiger partial charge on any atom is -0.350 e. The van der Waals surface area contributed by atoms with Crippen LogP contribution in [-0.2, 0) is 11.3 Å². The number of carbonyl (C=O) groups is 2. The van der Waals surface area contributed by atoms with Crippen molar-refractivity contribution < 1.29 is 9.59 Å². The Morgan fingerprint density at radius 2 is 1.81 bits per heavy atom. The summed E-state index contributed by atoms with van der Waals surface area (Å²) in [7, 11) is 0. The molecule has 21 heavy (non-hydrogen) atoms. The SMILES string of the molecule is CC(=O)c1c(C)n(CC(=O)NC(C)(C)C)c2ccccc12. The third kappa shape index (κ3) is 3.15. The smallest absolute Gasteiger partial charge is 0.240 e. The van der Waals surface area contributed by atoms with Gasteiger partial charge in [-0.05, 0) is 40.7 Å². The molecule has 1 amide bonds. The number of hydrogen-bond donors (Lipinski definition) is 1. The number of fused-ring (bicyclic) bond motifs is 1. The maximum absolute atomic E-state index is 12.2. The Kier molecular flexibility index (Phi) is 3.90. The third-order valence-electron chi connectivity index (χ3n) is 3.40. The number of amides is 1. The van der Waals surface area contributed by atoms with Gasteiger partial charge in [-0.25, -0.2) is 0 Å². The number of Topliss-reactive ketones (excluding diaryl/α,β-unsaturated/α-hetero) is 1. The van der Waals surface area contributed by atoms with Gasteiger partial charge in [0.2, 0.25) is 5.91 Å². The fraction of sp³-hybridized carbons (Fsp3) is 0.412. The number of para-hydroxylation sites is 1. The fourth-order valence-corrected chi connectivity index (χ4v) is 2.68. The van der Waals surface area contributed by atoms with Crippen LogP contribution in [0.15, 0.2) is 24.3 Å². The van der Waals surface area contributed by atoms with Crippen LogP contribution in [0.5, 0.6) is 0 Å². The van der Waals surface area contributed by atoms with Gasteiger partial charge >= 0.3 is 0 Å². The predicted octanol–water partition coefficient (Wildman–Crippen LogP) is 3.07. The molecule has 0 atom stereocenters. The summed E-state index contributed by atoms with van der Waals surface area (Å²) in [6, 6.07) is 7.70. The minimum atomic E-state index is -0.267. The quantitative estimate of drug-likeness (QED) is 0.882. The number of hydrogen-bond acceptors (Lipinski definition) is 2. The summed E-state index contributed by atoms with van der Waals surface area (Å²) in [5, 5.41) is 3.86. The lowest BCUT2D eigenvalue weighted by Crippen LogP contribution is -2.42. The molecule has 2 rings (SSSR count). The molecule has 0 bridgehead atoms. The van der Waals surface area contributed by atoms with Crippen molar-refractivity contribution in [3.8, 4) is 0 Å². The van der Waals surface area contributed by atoms with Gasteiger partial charge in [-0.1, -0.05) is 18.2 Å². The first-order valence-electron chi connectivity index (χ1n) is 7.10. The number of aromatic nitrogens is 1. The van der Waals surface area contributed by atoms with Gasteiger partial charge in [0.1, 0.15) is 6.54 Å². The average Bonchev–Trinajstić information content (AvgIpc) is 2.60. The molecule has 4 heteroatoms. The van der Waals surface area contributed by atoms with Crippen molar-refractivity contribution in [1.82, 2.24) is 9.88 Å². The van der Waals surface area contributed by atoms with E-state index in [4.69, 9.17) is 0 Å². The number of ketones is 1. The number of carbonyl (C=O) groups excluding carboxylic acids is 2. The van der Waals surface area contributed by atoms with E-state index < -0.39 is 0 Å². The zero-order valence-electron chi connectivity index (χ0n) is 13.3. The van der Waals surface area contributed by atoms with Crippen LogP contribution in [0.3, 0.4) is 0 Å². The molecule has 1 aromatic carbocycles. The van der Waals surface area contributed by atoms with E-state index in [1.165, 1.54) is 0 Å². The molecule has 0 saturated carbocycles. The van der Waals surface area contributed by atoms with Crippen molar-refractivity contribution in [2.75, 3.05) is 0 Å². The zero-order chi connectivity index (χ0) is 15.8. The molecule has 0 aliphatic heterocycles. The van der Waals surface area contributed by atoms with Crippen molar-refractivity contribution in [2.45, 2.75) is 46.7 Å². The number of nitrogens with zero attached hydrogens (tertiary/aromatic N) is 1. The summed E-state index contributed by atoms with van der Waals surface area (Å²) in [5.41, 5.74) is 2.20. The van der Waals surface area contributed by atoms with Crippen molar-refractivity contribution >= 4 is 22.6 Å². The first-order valence-corrected chi connectivity index (χ1v) is 7.10. The van der Waals surface area contributed by atoms with E-state index in [2.05, 4.69) is 5.32 Å². The lowest BCUT2D eigenvalue weighted by atomic mass is 10.1. The maximum Gasteiger partial charge on any atom is 0.240 e. The molecule has 0 fully saturated rings. The lowest BCUT2D eigenvalue weighted by Gasteiger charge is -2.21. The molecule has 0 aliphatic rings. The molecule has 2 aromatic rings. The second kappa shape index (κ2) is 5.35. The summed E-state index contributed by atoms with van der Waals surface area (Å²) in [4.78, 5) is 24.1. The highest BCUT2D eigenvalue weighted by molar-refractivity contribution is 6.08. The average molecular weight is 286 g/mol. The summed E-state index contributed by atoms with van der Waals surface area (Å²) < 4.78 is 1.91. The first-order chi connectivity index (χ1) is 9.70. The largest absolute Gasteiger partial charge is 0.350 e. The zero-order valence-corrected chi connectivity index (χ0v) is 13.3. The van der Waals surface area contributed by atoms with Crippen LogP contribution >= 0.6 is 0 Å². The minimum absolute atomic E-state index is 0.0266. The van der Waals surface area contributed by atoms with Crippen LogP contribution in [0.4, 0.5) is 0 Å². The van der Waals surface area contributed by atoms with Crippen molar-refractivity contribution in [3.05, 3.63) is 35.5 Å². The Morgan fingerprint density at radius 3 is 2.38 bits per heavy atom. The van der Waals surface area contributed by atoms with Crippen molar-refractivity contribution in [1.29, 1.82) is 0 Å². The number of nitrogens with one attached hydrogen (secondary N) is 1. The van der Waals surface area contributed by atoms with E-state index in [0.29, 0.717) is 5.56 Å². The summed E-state index contributed by atoms with van der Waals surface area (Å²) in [6.45, 7) is 9.53. The van der Waals surface area contributed by atoms with E-state index in [9.17, 15) is 9.59 Å². The Labute approximate surface area is 125 Å². The molecular weight excluding hydrogens is 264 g/mol. The van der Waals surface area contributed by atoms with Crippen LogP contribution in [0, 0.1) is 6.92 Å². The van der Waals surface area contributed by atoms with Gasteiger partial charge in [0.15, 0.2) is 5.78 Å². The number of benzene rings is 1. The molecule has 1 aromatic heterocycles. The highest BCUT2D eigenvalue weighted by Gasteiger charge is 2.20. The van der Waals surface area contributed by atoms with Gasteiger partial charge in [-0.2, -0.15) is 0 Å². The highest BCUT2D eigenvalue weighted by Crippen LogP contribution is 2.26. The van der Waals surface area contributed by atoms with Crippen LogP contribution in [0.25, 0.3) is 10.9 Å². The lowest BCUT2D eigenvalue weighted by molar-refractivity contribution is -0.123. The van der Waals surface area contributed by atoms with Crippen LogP contribution in [-0.4, -0.2) is 21.8 Å². The van der Waals surface area contributed by atoms with E-state index in [1.807, 2.05) is 56.5 Å². The van der Waals surface area contributed by atoms with Gasteiger partial charge < -0.3 is 9.88 Å². The maximum atomic E-state index is 12.2. The molecular formula is C17H22N2O2. The van der Waals surface area contributed by atoms with Crippen LogP contribution in [0.2, 0.25) is 0 Å². The van der Waals surface area contributed by atoms with Gasteiger partial charge in [0, 0.05) is 27.7 Å². The molecule has 0 aliphatic carbocycles. The third-order valence-corrected chi connectivity index (χ3v) is 3.40.